The third-order valence-corrected chi connectivity index (χ3v) is 4.47. The van der Waals surface area contributed by atoms with Gasteiger partial charge in [0.25, 0.3) is 5.78 Å². The largest absolute Gasteiger partial charge is 0.460 e. The Morgan fingerprint density at radius 3 is 2.16 bits per heavy atom. The molecule has 3 nitrogen and oxygen atoms in total. The summed E-state index contributed by atoms with van der Waals surface area (Å²) in [6.07, 6.45) is 0. The van der Waals surface area contributed by atoms with Gasteiger partial charge < -0.3 is 4.74 Å². The van der Waals surface area contributed by atoms with Gasteiger partial charge in [-0.2, -0.15) is 0 Å². The lowest BCUT2D eigenvalue weighted by atomic mass is 9.92. The number of Topliss-reactive ketones (excluding diaryl/α,β-unsaturated/α-hetero) is 1. The number of hydrogen-bond donors (Lipinski definition) is 0. The number of carbonyl (C=O) groups is 2. The van der Waals surface area contributed by atoms with Crippen molar-refractivity contribution in [2.75, 3.05) is 6.61 Å². The summed E-state index contributed by atoms with van der Waals surface area (Å²) in [5, 5.41) is 5.91. The maximum absolute atomic E-state index is 12.7. The van der Waals surface area contributed by atoms with Crippen molar-refractivity contribution in [2.45, 2.75) is 6.92 Å². The zero-order valence-electron chi connectivity index (χ0n) is 13.8. The average Bonchev–Trinajstić information content (AvgIpc) is 2.66. The number of benzene rings is 4. The number of esters is 1. The van der Waals surface area contributed by atoms with E-state index in [4.69, 9.17) is 4.74 Å². The van der Waals surface area contributed by atoms with Gasteiger partial charge in [0.1, 0.15) is 0 Å². The molecule has 122 valence electrons. The molecule has 0 fully saturated rings. The highest BCUT2D eigenvalue weighted by Crippen LogP contribution is 2.33. The molecule has 4 aromatic rings. The van der Waals surface area contributed by atoms with Crippen molar-refractivity contribution in [3.63, 3.8) is 0 Å². The van der Waals surface area contributed by atoms with Crippen molar-refractivity contribution in [1.82, 2.24) is 0 Å². The van der Waals surface area contributed by atoms with Crippen LogP contribution in [0.1, 0.15) is 17.3 Å². The zero-order valence-corrected chi connectivity index (χ0v) is 13.8. The lowest BCUT2D eigenvalue weighted by Gasteiger charge is -2.11. The summed E-state index contributed by atoms with van der Waals surface area (Å²) < 4.78 is 4.92. The molecule has 0 bridgehead atoms. The molecule has 0 atom stereocenters. The van der Waals surface area contributed by atoms with Gasteiger partial charge in [-0.05, 0) is 45.3 Å². The van der Waals surface area contributed by atoms with Crippen LogP contribution < -0.4 is 0 Å². The monoisotopic (exact) mass is 328 g/mol. The molecule has 3 heteroatoms. The van der Waals surface area contributed by atoms with Gasteiger partial charge in [-0.3, -0.25) is 4.79 Å². The van der Waals surface area contributed by atoms with Crippen LogP contribution in [0.3, 0.4) is 0 Å². The fraction of sp³-hybridized carbons (Fsp3) is 0.0909. The molecule has 0 amide bonds. The highest BCUT2D eigenvalue weighted by atomic mass is 16.5. The predicted molar refractivity (Wildman–Crippen MR) is 99.9 cm³/mol. The molecular formula is C22H16O3. The van der Waals surface area contributed by atoms with E-state index >= 15 is 0 Å². The molecule has 0 saturated heterocycles. The summed E-state index contributed by atoms with van der Waals surface area (Å²) in [7, 11) is 0. The highest BCUT2D eigenvalue weighted by molar-refractivity contribution is 6.44. The smallest absolute Gasteiger partial charge is 0.379 e. The molecule has 0 aliphatic rings. The van der Waals surface area contributed by atoms with Crippen LogP contribution in [0.15, 0.2) is 66.7 Å². The minimum absolute atomic E-state index is 0.180. The number of rotatable bonds is 3. The molecule has 0 radical (unpaired) electrons. The van der Waals surface area contributed by atoms with Gasteiger partial charge >= 0.3 is 5.97 Å². The molecule has 25 heavy (non-hydrogen) atoms. The molecule has 0 N–H and O–H groups in total. The maximum atomic E-state index is 12.7. The number of ketones is 1. The van der Waals surface area contributed by atoms with E-state index in [2.05, 4.69) is 12.1 Å². The molecule has 4 aromatic carbocycles. The van der Waals surface area contributed by atoms with E-state index < -0.39 is 11.8 Å². The van der Waals surface area contributed by atoms with Gasteiger partial charge in [-0.1, -0.05) is 60.7 Å². The lowest BCUT2D eigenvalue weighted by Crippen LogP contribution is -2.17. The van der Waals surface area contributed by atoms with Crippen LogP contribution in [-0.4, -0.2) is 18.4 Å². The van der Waals surface area contributed by atoms with Crippen LogP contribution in [0.5, 0.6) is 0 Å². The van der Waals surface area contributed by atoms with Gasteiger partial charge in [0.15, 0.2) is 0 Å². The molecule has 0 saturated carbocycles. The van der Waals surface area contributed by atoms with Crippen molar-refractivity contribution in [3.8, 4) is 0 Å². The molecule has 0 aromatic heterocycles. The fourth-order valence-corrected chi connectivity index (χ4v) is 3.36. The number of carbonyl (C=O) groups excluding carboxylic acids is 2. The number of hydrogen-bond acceptors (Lipinski definition) is 3. The third kappa shape index (κ3) is 2.45. The maximum Gasteiger partial charge on any atom is 0.379 e. The Hall–Kier alpha value is -3.20. The zero-order chi connectivity index (χ0) is 17.4. The highest BCUT2D eigenvalue weighted by Gasteiger charge is 2.21. The van der Waals surface area contributed by atoms with Crippen LogP contribution >= 0.6 is 0 Å². The molecular weight excluding hydrogens is 312 g/mol. The van der Waals surface area contributed by atoms with E-state index in [0.29, 0.717) is 5.56 Å². The number of fused-ring (bicyclic) bond motifs is 5. The Kier molecular flexibility index (Phi) is 3.69. The second-order valence-electron chi connectivity index (χ2n) is 5.90. The van der Waals surface area contributed by atoms with Gasteiger partial charge in [0.05, 0.1) is 6.61 Å². The molecule has 0 aliphatic carbocycles. The van der Waals surface area contributed by atoms with Crippen LogP contribution in [0.2, 0.25) is 0 Å². The second-order valence-corrected chi connectivity index (χ2v) is 5.90. The molecule has 4 rings (SSSR count). The first kappa shape index (κ1) is 15.3. The fourth-order valence-electron chi connectivity index (χ4n) is 3.36. The standard InChI is InChI=1S/C22H16O3/c1-2-25-22(24)21(23)20-13-19-15-8-4-3-7-14(15)11-12-18(19)16-9-5-6-10-17(16)20/h3-13H,2H2,1H3. The Bertz CT molecular complexity index is 1140. The summed E-state index contributed by atoms with van der Waals surface area (Å²) in [4.78, 5) is 24.7. The summed E-state index contributed by atoms with van der Waals surface area (Å²) >= 11 is 0. The topological polar surface area (TPSA) is 43.4 Å². The summed E-state index contributed by atoms with van der Waals surface area (Å²) in [5.74, 6) is -1.42. The van der Waals surface area contributed by atoms with Crippen molar-refractivity contribution in [2.24, 2.45) is 0 Å². The van der Waals surface area contributed by atoms with Gasteiger partial charge in [-0.25, -0.2) is 4.79 Å². The van der Waals surface area contributed by atoms with Crippen molar-refractivity contribution in [1.29, 1.82) is 0 Å². The Labute approximate surface area is 144 Å². The van der Waals surface area contributed by atoms with E-state index in [1.807, 2.05) is 54.6 Å². The van der Waals surface area contributed by atoms with Crippen LogP contribution in [0.4, 0.5) is 0 Å². The van der Waals surface area contributed by atoms with E-state index in [1.54, 1.807) is 6.92 Å². The molecule has 0 heterocycles. The molecule has 0 spiro atoms. The van der Waals surface area contributed by atoms with E-state index in [9.17, 15) is 9.59 Å². The summed E-state index contributed by atoms with van der Waals surface area (Å²) in [6.45, 7) is 1.87. The quantitative estimate of drug-likeness (QED) is 0.233. The Morgan fingerprint density at radius 1 is 0.760 bits per heavy atom. The first-order valence-electron chi connectivity index (χ1n) is 8.25. The van der Waals surface area contributed by atoms with Crippen molar-refractivity contribution in [3.05, 3.63) is 72.3 Å². The summed E-state index contributed by atoms with van der Waals surface area (Å²) in [6, 6.07) is 21.7. The second kappa shape index (κ2) is 6.02. The Morgan fingerprint density at radius 2 is 1.40 bits per heavy atom. The first-order valence-corrected chi connectivity index (χ1v) is 8.25. The number of ether oxygens (including phenoxy) is 1. The van der Waals surface area contributed by atoms with Crippen LogP contribution in [-0.2, 0) is 9.53 Å². The van der Waals surface area contributed by atoms with Crippen LogP contribution in [0, 0.1) is 0 Å². The average molecular weight is 328 g/mol. The summed E-state index contributed by atoms with van der Waals surface area (Å²) in [5.41, 5.74) is 0.387. The SMILES string of the molecule is CCOC(=O)C(=O)c1cc2c3ccccc3ccc2c2ccccc12. The predicted octanol–water partition coefficient (Wildman–Crippen LogP) is 4.89. The van der Waals surface area contributed by atoms with Gasteiger partial charge in [-0.15, -0.1) is 0 Å². The van der Waals surface area contributed by atoms with E-state index in [1.165, 1.54) is 0 Å². The van der Waals surface area contributed by atoms with Gasteiger partial charge in [0.2, 0.25) is 0 Å². The normalized spacial score (nSPS) is 11.1. The Balaban J connectivity index is 2.12. The molecule has 0 unspecified atom stereocenters. The van der Waals surface area contributed by atoms with Gasteiger partial charge in [0, 0.05) is 5.56 Å². The first-order chi connectivity index (χ1) is 12.2. The minimum atomic E-state index is -0.813. The lowest BCUT2D eigenvalue weighted by molar-refractivity contribution is -0.137. The van der Waals surface area contributed by atoms with Crippen LogP contribution in [0.25, 0.3) is 32.3 Å². The van der Waals surface area contributed by atoms with E-state index in [0.717, 1.165) is 32.3 Å². The third-order valence-electron chi connectivity index (χ3n) is 4.47. The van der Waals surface area contributed by atoms with E-state index in [-0.39, 0.29) is 6.61 Å². The molecule has 0 aliphatic heterocycles. The van der Waals surface area contributed by atoms with Crippen molar-refractivity contribution < 1.29 is 14.3 Å². The van der Waals surface area contributed by atoms with Crippen molar-refractivity contribution >= 4 is 44.1 Å². The minimum Gasteiger partial charge on any atom is -0.460 e.